The summed E-state index contributed by atoms with van der Waals surface area (Å²) in [5.41, 5.74) is -0.743. The smallest absolute Gasteiger partial charge is 0.249 e. The van der Waals surface area contributed by atoms with Gasteiger partial charge in [0.2, 0.25) is 11.8 Å². The zero-order valence-electron chi connectivity index (χ0n) is 11.9. The number of rotatable bonds is 4. The highest BCUT2D eigenvalue weighted by atomic mass is 79.9. The Morgan fingerprint density at radius 2 is 2.05 bits per heavy atom. The van der Waals surface area contributed by atoms with Gasteiger partial charge in [0.25, 0.3) is 0 Å². The summed E-state index contributed by atoms with van der Waals surface area (Å²) < 4.78 is 0.993. The Morgan fingerprint density at radius 3 is 2.55 bits per heavy atom. The van der Waals surface area contributed by atoms with Crippen LogP contribution in [0.2, 0.25) is 0 Å². The van der Waals surface area contributed by atoms with Crippen LogP contribution in [0, 0.1) is 0 Å². The first-order chi connectivity index (χ1) is 9.45. The number of carbonyl (C=O) groups is 2. The van der Waals surface area contributed by atoms with Gasteiger partial charge < -0.3 is 10.2 Å². The highest BCUT2D eigenvalue weighted by Gasteiger charge is 2.47. The van der Waals surface area contributed by atoms with Crippen molar-refractivity contribution in [3.05, 3.63) is 20.8 Å². The zero-order chi connectivity index (χ0) is 14.9. The van der Waals surface area contributed by atoms with Crippen molar-refractivity contribution in [1.29, 1.82) is 0 Å². The van der Waals surface area contributed by atoms with Gasteiger partial charge in [-0.25, -0.2) is 0 Å². The fourth-order valence-electron chi connectivity index (χ4n) is 2.52. The van der Waals surface area contributed by atoms with E-state index in [1.54, 1.807) is 23.2 Å². The van der Waals surface area contributed by atoms with Gasteiger partial charge in [0, 0.05) is 9.35 Å². The number of hydrogen-bond donors (Lipinski definition) is 1. The highest BCUT2D eigenvalue weighted by Crippen LogP contribution is 2.30. The summed E-state index contributed by atoms with van der Waals surface area (Å²) in [7, 11) is 0. The summed E-state index contributed by atoms with van der Waals surface area (Å²) >= 11 is 5.07. The van der Waals surface area contributed by atoms with Crippen LogP contribution in [0.1, 0.15) is 38.5 Å². The third-order valence-corrected chi connectivity index (χ3v) is 6.00. The van der Waals surface area contributed by atoms with Crippen LogP contribution in [0.15, 0.2) is 15.9 Å². The van der Waals surface area contributed by atoms with Crippen LogP contribution in [0.4, 0.5) is 0 Å². The molecule has 2 amide bonds. The van der Waals surface area contributed by atoms with E-state index in [1.807, 2.05) is 25.3 Å². The minimum Gasteiger partial charge on any atom is -0.340 e. The van der Waals surface area contributed by atoms with Crippen LogP contribution in [0.3, 0.4) is 0 Å². The monoisotopic (exact) mass is 358 g/mol. The molecular formula is C14H19BrN2O2S. The standard InChI is InChI=1S/C14H19BrN2O2S/c1-4-14(5-2)13(19)17(9(3)12(18)16-14)8-11-10(15)6-7-20-11/h6-7,9H,4-5,8H2,1-3H3,(H,16,18). The molecule has 2 heterocycles. The molecule has 1 aromatic heterocycles. The molecule has 0 aromatic carbocycles. The molecule has 1 N–H and O–H groups in total. The molecule has 1 atom stereocenters. The van der Waals surface area contributed by atoms with Gasteiger partial charge in [-0.15, -0.1) is 11.3 Å². The lowest BCUT2D eigenvalue weighted by molar-refractivity contribution is -0.155. The number of carbonyl (C=O) groups excluding carboxylic acids is 2. The van der Waals surface area contributed by atoms with Crippen molar-refractivity contribution in [1.82, 2.24) is 10.2 Å². The Hall–Kier alpha value is -0.880. The molecule has 4 nitrogen and oxygen atoms in total. The Balaban J connectivity index is 2.31. The van der Waals surface area contributed by atoms with Crippen LogP contribution in [0.25, 0.3) is 0 Å². The van der Waals surface area contributed by atoms with Gasteiger partial charge >= 0.3 is 0 Å². The van der Waals surface area contributed by atoms with Crippen molar-refractivity contribution in [2.24, 2.45) is 0 Å². The van der Waals surface area contributed by atoms with E-state index in [0.29, 0.717) is 19.4 Å². The molecule has 0 aliphatic carbocycles. The molecule has 1 fully saturated rings. The topological polar surface area (TPSA) is 49.4 Å². The Morgan fingerprint density at radius 1 is 1.40 bits per heavy atom. The predicted octanol–water partition coefficient (Wildman–Crippen LogP) is 2.92. The SMILES string of the molecule is CCC1(CC)NC(=O)C(C)N(Cc2sccc2Br)C1=O. The summed E-state index contributed by atoms with van der Waals surface area (Å²) in [5.74, 6) is -0.0455. The molecule has 0 radical (unpaired) electrons. The first kappa shape index (κ1) is 15.5. The molecular weight excluding hydrogens is 340 g/mol. The lowest BCUT2D eigenvalue weighted by atomic mass is 9.87. The Labute approximate surface area is 131 Å². The van der Waals surface area contributed by atoms with E-state index >= 15 is 0 Å². The van der Waals surface area contributed by atoms with Gasteiger partial charge in [-0.3, -0.25) is 9.59 Å². The maximum atomic E-state index is 12.8. The lowest BCUT2D eigenvalue weighted by Crippen LogP contribution is -2.69. The highest BCUT2D eigenvalue weighted by molar-refractivity contribution is 9.10. The van der Waals surface area contributed by atoms with Crippen LogP contribution in [-0.4, -0.2) is 28.3 Å². The fraction of sp³-hybridized carbons (Fsp3) is 0.571. The van der Waals surface area contributed by atoms with Crippen molar-refractivity contribution < 1.29 is 9.59 Å². The van der Waals surface area contributed by atoms with Gasteiger partial charge in [-0.05, 0) is 47.1 Å². The van der Waals surface area contributed by atoms with E-state index in [4.69, 9.17) is 0 Å². The van der Waals surface area contributed by atoms with Crippen LogP contribution in [-0.2, 0) is 16.1 Å². The second-order valence-corrected chi connectivity index (χ2v) is 6.93. The lowest BCUT2D eigenvalue weighted by Gasteiger charge is -2.44. The summed E-state index contributed by atoms with van der Waals surface area (Å²) in [6.45, 7) is 6.14. The molecule has 1 saturated heterocycles. The van der Waals surface area contributed by atoms with E-state index in [2.05, 4.69) is 21.2 Å². The molecule has 110 valence electrons. The molecule has 0 bridgehead atoms. The average molecular weight is 359 g/mol. The second kappa shape index (κ2) is 5.85. The molecule has 0 saturated carbocycles. The van der Waals surface area contributed by atoms with Crippen LogP contribution < -0.4 is 5.32 Å². The molecule has 1 unspecified atom stereocenters. The number of thiophene rings is 1. The molecule has 0 spiro atoms. The molecule has 2 rings (SSSR count). The van der Waals surface area contributed by atoms with E-state index in [1.165, 1.54) is 0 Å². The molecule has 20 heavy (non-hydrogen) atoms. The summed E-state index contributed by atoms with van der Waals surface area (Å²) in [6.07, 6.45) is 1.23. The molecule has 1 aliphatic heterocycles. The van der Waals surface area contributed by atoms with Gasteiger partial charge in [0.1, 0.15) is 11.6 Å². The predicted molar refractivity (Wildman–Crippen MR) is 83.5 cm³/mol. The number of amides is 2. The van der Waals surface area contributed by atoms with Gasteiger partial charge in [0.05, 0.1) is 6.54 Å². The Bertz CT molecular complexity index is 525. The van der Waals surface area contributed by atoms with Gasteiger partial charge in [-0.1, -0.05) is 13.8 Å². The minimum absolute atomic E-state index is 0.0231. The fourth-order valence-corrected chi connectivity index (χ4v) is 3.99. The normalized spacial score (nSPS) is 22.0. The van der Waals surface area contributed by atoms with E-state index < -0.39 is 11.6 Å². The first-order valence-corrected chi connectivity index (χ1v) is 8.47. The van der Waals surface area contributed by atoms with Crippen molar-refractivity contribution in [3.63, 3.8) is 0 Å². The number of hydrogen-bond acceptors (Lipinski definition) is 3. The van der Waals surface area contributed by atoms with Crippen LogP contribution >= 0.6 is 27.3 Å². The average Bonchev–Trinajstić information content (AvgIpc) is 2.84. The third kappa shape index (κ3) is 2.51. The van der Waals surface area contributed by atoms with Gasteiger partial charge in [-0.2, -0.15) is 0 Å². The van der Waals surface area contributed by atoms with Gasteiger partial charge in [0.15, 0.2) is 0 Å². The maximum absolute atomic E-state index is 12.8. The number of nitrogens with one attached hydrogen (secondary N) is 1. The number of halogens is 1. The quantitative estimate of drug-likeness (QED) is 0.899. The summed E-state index contributed by atoms with van der Waals surface area (Å²) in [5, 5.41) is 4.89. The van der Waals surface area contributed by atoms with Crippen molar-refractivity contribution in [2.45, 2.75) is 51.7 Å². The van der Waals surface area contributed by atoms with Crippen molar-refractivity contribution in [2.75, 3.05) is 0 Å². The third-order valence-electron chi connectivity index (χ3n) is 4.09. The summed E-state index contributed by atoms with van der Waals surface area (Å²) in [6, 6.07) is 1.54. The Kier molecular flexibility index (Phi) is 4.54. The minimum atomic E-state index is -0.743. The first-order valence-electron chi connectivity index (χ1n) is 6.80. The van der Waals surface area contributed by atoms with Crippen LogP contribution in [0.5, 0.6) is 0 Å². The van der Waals surface area contributed by atoms with E-state index in [-0.39, 0.29) is 11.8 Å². The van der Waals surface area contributed by atoms with Crippen molar-refractivity contribution in [3.8, 4) is 0 Å². The largest absolute Gasteiger partial charge is 0.340 e. The molecule has 6 heteroatoms. The second-order valence-electron chi connectivity index (χ2n) is 5.08. The van der Waals surface area contributed by atoms with E-state index in [9.17, 15) is 9.59 Å². The molecule has 1 aromatic rings. The summed E-state index contributed by atoms with van der Waals surface area (Å²) in [4.78, 5) is 27.8. The van der Waals surface area contributed by atoms with Crippen molar-refractivity contribution >= 4 is 39.1 Å². The zero-order valence-corrected chi connectivity index (χ0v) is 14.3. The molecule has 1 aliphatic rings. The number of nitrogens with zero attached hydrogens (tertiary/aromatic N) is 1. The number of piperazine rings is 1. The maximum Gasteiger partial charge on any atom is 0.249 e. The van der Waals surface area contributed by atoms with E-state index in [0.717, 1.165) is 9.35 Å².